The molecule has 1 saturated carbocycles. The molecule has 1 aromatic heterocycles. The largest absolute Gasteiger partial charge is 0.493 e. The Morgan fingerprint density at radius 3 is 2.41 bits per heavy atom. The average Bonchev–Trinajstić information content (AvgIpc) is 3.19. The minimum Gasteiger partial charge on any atom is -0.493 e. The Balaban J connectivity index is 1.58. The second kappa shape index (κ2) is 5.93. The molecule has 2 N–H and O–H groups in total. The topological polar surface area (TPSA) is 88.8 Å². The smallest absolute Gasteiger partial charge is 0.371 e. The van der Waals surface area contributed by atoms with Gasteiger partial charge in [-0.3, -0.25) is 4.79 Å². The molecule has 0 bridgehead atoms. The second-order valence-corrected chi connectivity index (χ2v) is 5.20. The first-order chi connectivity index (χ1) is 10.6. The summed E-state index contributed by atoms with van der Waals surface area (Å²) in [5.41, 5.74) is 0.581. The molecule has 3 rings (SSSR count). The highest BCUT2D eigenvalue weighted by Gasteiger charge is 2.21. The lowest BCUT2D eigenvalue weighted by molar-refractivity contribution is 0.0660. The van der Waals surface area contributed by atoms with Gasteiger partial charge in [-0.2, -0.15) is 0 Å². The monoisotopic (exact) mass is 301 g/mol. The van der Waals surface area contributed by atoms with Gasteiger partial charge in [0.25, 0.3) is 5.91 Å². The van der Waals surface area contributed by atoms with E-state index in [-0.39, 0.29) is 11.5 Å². The number of ether oxygens (including phenoxy) is 1. The number of hydrogen-bond acceptors (Lipinski definition) is 4. The molecule has 1 fully saturated rings. The van der Waals surface area contributed by atoms with Crippen molar-refractivity contribution in [3.8, 4) is 5.75 Å². The summed E-state index contributed by atoms with van der Waals surface area (Å²) >= 11 is 0. The summed E-state index contributed by atoms with van der Waals surface area (Å²) in [6, 6.07) is 9.58. The van der Waals surface area contributed by atoms with E-state index in [4.69, 9.17) is 14.3 Å². The molecule has 0 unspecified atom stereocenters. The van der Waals surface area contributed by atoms with Crippen molar-refractivity contribution in [1.82, 2.24) is 0 Å². The van der Waals surface area contributed by atoms with Crippen LogP contribution in [0.3, 0.4) is 0 Å². The number of amides is 1. The maximum absolute atomic E-state index is 11.9. The Bertz CT molecular complexity index is 685. The van der Waals surface area contributed by atoms with Crippen LogP contribution in [0.2, 0.25) is 0 Å². The minimum absolute atomic E-state index is 0.0496. The molecule has 114 valence electrons. The molecule has 1 aromatic carbocycles. The van der Waals surface area contributed by atoms with E-state index < -0.39 is 11.9 Å². The second-order valence-electron chi connectivity index (χ2n) is 5.20. The SMILES string of the molecule is O=C(O)c1ccc(C(=O)Nc2ccc(OCC3CC3)cc2)o1. The lowest BCUT2D eigenvalue weighted by Crippen LogP contribution is -2.11. The zero-order valence-electron chi connectivity index (χ0n) is 11.7. The van der Waals surface area contributed by atoms with Crippen LogP contribution in [0.15, 0.2) is 40.8 Å². The van der Waals surface area contributed by atoms with Gasteiger partial charge in [0.05, 0.1) is 6.61 Å². The van der Waals surface area contributed by atoms with E-state index in [9.17, 15) is 9.59 Å². The zero-order valence-corrected chi connectivity index (χ0v) is 11.7. The fraction of sp³-hybridized carbons (Fsp3) is 0.250. The van der Waals surface area contributed by atoms with Gasteiger partial charge in [0.15, 0.2) is 5.76 Å². The molecule has 6 nitrogen and oxygen atoms in total. The molecule has 1 amide bonds. The third kappa shape index (κ3) is 3.46. The van der Waals surface area contributed by atoms with Crippen LogP contribution in [0.1, 0.15) is 34.0 Å². The lowest BCUT2D eigenvalue weighted by Gasteiger charge is -2.07. The van der Waals surface area contributed by atoms with E-state index in [1.807, 2.05) is 0 Å². The molecule has 6 heteroatoms. The molecule has 0 aliphatic heterocycles. The molecular weight excluding hydrogens is 286 g/mol. The van der Waals surface area contributed by atoms with Gasteiger partial charge < -0.3 is 19.6 Å². The van der Waals surface area contributed by atoms with Gasteiger partial charge in [0.1, 0.15) is 5.75 Å². The van der Waals surface area contributed by atoms with Crippen LogP contribution >= 0.6 is 0 Å². The van der Waals surface area contributed by atoms with E-state index in [1.54, 1.807) is 24.3 Å². The molecule has 1 aliphatic rings. The van der Waals surface area contributed by atoms with Gasteiger partial charge in [0.2, 0.25) is 5.76 Å². The van der Waals surface area contributed by atoms with Crippen LogP contribution in [0, 0.1) is 5.92 Å². The predicted molar refractivity (Wildman–Crippen MR) is 78.3 cm³/mol. The fourth-order valence-corrected chi connectivity index (χ4v) is 1.90. The van der Waals surface area contributed by atoms with E-state index >= 15 is 0 Å². The van der Waals surface area contributed by atoms with Gasteiger partial charge in [-0.15, -0.1) is 0 Å². The molecule has 0 saturated heterocycles. The summed E-state index contributed by atoms with van der Waals surface area (Å²) < 4.78 is 10.5. The Kier molecular flexibility index (Phi) is 3.82. The van der Waals surface area contributed by atoms with E-state index in [2.05, 4.69) is 5.32 Å². The Morgan fingerprint density at radius 2 is 1.82 bits per heavy atom. The molecule has 0 spiro atoms. The van der Waals surface area contributed by atoms with Crippen molar-refractivity contribution >= 4 is 17.6 Å². The van der Waals surface area contributed by atoms with Crippen LogP contribution in [0.5, 0.6) is 5.75 Å². The maximum atomic E-state index is 11.9. The number of benzene rings is 1. The van der Waals surface area contributed by atoms with Crippen LogP contribution in [-0.2, 0) is 0 Å². The molecular formula is C16H15NO5. The van der Waals surface area contributed by atoms with E-state index in [1.165, 1.54) is 25.0 Å². The summed E-state index contributed by atoms with van der Waals surface area (Å²) in [7, 11) is 0. The van der Waals surface area contributed by atoms with Crippen molar-refractivity contribution in [2.24, 2.45) is 5.92 Å². The number of carboxylic acid groups (broad SMARTS) is 1. The quantitative estimate of drug-likeness (QED) is 0.856. The highest BCUT2D eigenvalue weighted by Crippen LogP contribution is 2.29. The Hall–Kier alpha value is -2.76. The average molecular weight is 301 g/mol. The summed E-state index contributed by atoms with van der Waals surface area (Å²) in [4.78, 5) is 22.6. The highest BCUT2D eigenvalue weighted by molar-refractivity contribution is 6.02. The van der Waals surface area contributed by atoms with Gasteiger partial charge in [0, 0.05) is 5.69 Å². The van der Waals surface area contributed by atoms with Crippen LogP contribution in [-0.4, -0.2) is 23.6 Å². The number of hydrogen-bond donors (Lipinski definition) is 2. The summed E-state index contributed by atoms with van der Waals surface area (Å²) in [5.74, 6) is -0.589. The first kappa shape index (κ1) is 14.2. The highest BCUT2D eigenvalue weighted by atomic mass is 16.5. The van der Waals surface area contributed by atoms with Crippen LogP contribution in [0.4, 0.5) is 5.69 Å². The van der Waals surface area contributed by atoms with Gasteiger partial charge in [-0.05, 0) is 55.2 Å². The molecule has 1 heterocycles. The standard InChI is InChI=1S/C16H15NO5/c18-15(13-7-8-14(22-13)16(19)20)17-11-3-5-12(6-4-11)21-9-10-1-2-10/h3-8,10H,1-2,9H2,(H,17,18)(H,19,20). The van der Waals surface area contributed by atoms with Crippen molar-refractivity contribution in [2.75, 3.05) is 11.9 Å². The van der Waals surface area contributed by atoms with Crippen LogP contribution < -0.4 is 10.1 Å². The number of rotatable bonds is 6. The van der Waals surface area contributed by atoms with Gasteiger partial charge in [-0.1, -0.05) is 0 Å². The molecule has 22 heavy (non-hydrogen) atoms. The number of aromatic carboxylic acids is 1. The Labute approximate surface area is 126 Å². The number of nitrogens with one attached hydrogen (secondary N) is 1. The fourth-order valence-electron chi connectivity index (χ4n) is 1.90. The molecule has 2 aromatic rings. The first-order valence-corrected chi connectivity index (χ1v) is 6.99. The minimum atomic E-state index is -1.21. The molecule has 0 radical (unpaired) electrons. The number of anilines is 1. The molecule has 1 aliphatic carbocycles. The normalized spacial score (nSPS) is 13.6. The van der Waals surface area contributed by atoms with E-state index in [0.717, 1.165) is 12.4 Å². The Morgan fingerprint density at radius 1 is 1.14 bits per heavy atom. The predicted octanol–water partition coefficient (Wildman–Crippen LogP) is 3.02. The summed E-state index contributed by atoms with van der Waals surface area (Å²) in [5, 5.41) is 11.4. The van der Waals surface area contributed by atoms with Gasteiger partial charge >= 0.3 is 5.97 Å². The lowest BCUT2D eigenvalue weighted by atomic mass is 10.3. The van der Waals surface area contributed by atoms with E-state index in [0.29, 0.717) is 11.6 Å². The third-order valence-corrected chi connectivity index (χ3v) is 3.34. The van der Waals surface area contributed by atoms with Crippen molar-refractivity contribution in [3.63, 3.8) is 0 Å². The third-order valence-electron chi connectivity index (χ3n) is 3.34. The molecule has 0 atom stereocenters. The first-order valence-electron chi connectivity index (χ1n) is 6.99. The number of furan rings is 1. The van der Waals surface area contributed by atoms with Gasteiger partial charge in [-0.25, -0.2) is 4.79 Å². The van der Waals surface area contributed by atoms with Crippen molar-refractivity contribution in [3.05, 3.63) is 47.9 Å². The number of carbonyl (C=O) groups excluding carboxylic acids is 1. The zero-order chi connectivity index (χ0) is 15.5. The number of carbonyl (C=O) groups is 2. The van der Waals surface area contributed by atoms with Crippen molar-refractivity contribution in [2.45, 2.75) is 12.8 Å². The summed E-state index contributed by atoms with van der Waals surface area (Å²) in [6.07, 6.45) is 2.46. The van der Waals surface area contributed by atoms with Crippen molar-refractivity contribution < 1.29 is 23.8 Å². The number of carboxylic acids is 1. The van der Waals surface area contributed by atoms with Crippen LogP contribution in [0.25, 0.3) is 0 Å². The van der Waals surface area contributed by atoms with Crippen molar-refractivity contribution in [1.29, 1.82) is 0 Å². The maximum Gasteiger partial charge on any atom is 0.371 e. The summed E-state index contributed by atoms with van der Waals surface area (Å²) in [6.45, 7) is 0.732.